The molecule has 134 valence electrons. The molecule has 1 heterocycles. The normalized spacial score (nSPS) is 19.2. The maximum Gasteiger partial charge on any atom is 0.410 e. The number of hydrogen-bond donors (Lipinski definition) is 0. The number of halogens is 1. The predicted molar refractivity (Wildman–Crippen MR) is 98.4 cm³/mol. The van der Waals surface area contributed by atoms with Crippen LogP contribution in [0.25, 0.3) is 0 Å². The van der Waals surface area contributed by atoms with E-state index in [1.165, 1.54) is 0 Å². The van der Waals surface area contributed by atoms with E-state index in [-0.39, 0.29) is 12.1 Å². The summed E-state index contributed by atoms with van der Waals surface area (Å²) in [5.41, 5.74) is 0.678. The SMILES string of the molecule is COc1cccc(Br)c1CN1CCN(C(=O)OC(C)(C)C)CC1C. The van der Waals surface area contributed by atoms with Gasteiger partial charge in [0.25, 0.3) is 0 Å². The Morgan fingerprint density at radius 3 is 2.62 bits per heavy atom. The van der Waals surface area contributed by atoms with Crippen molar-refractivity contribution < 1.29 is 14.3 Å². The minimum absolute atomic E-state index is 0.229. The van der Waals surface area contributed by atoms with Gasteiger partial charge in [0.2, 0.25) is 0 Å². The first kappa shape index (κ1) is 19.1. The van der Waals surface area contributed by atoms with E-state index in [0.717, 1.165) is 28.9 Å². The number of piperazine rings is 1. The number of rotatable bonds is 3. The smallest absolute Gasteiger partial charge is 0.410 e. The highest BCUT2D eigenvalue weighted by atomic mass is 79.9. The summed E-state index contributed by atoms with van der Waals surface area (Å²) in [6, 6.07) is 6.22. The summed E-state index contributed by atoms with van der Waals surface area (Å²) in [5, 5.41) is 0. The van der Waals surface area contributed by atoms with Crippen molar-refractivity contribution in [2.75, 3.05) is 26.7 Å². The van der Waals surface area contributed by atoms with Crippen molar-refractivity contribution >= 4 is 22.0 Å². The van der Waals surface area contributed by atoms with E-state index in [0.29, 0.717) is 13.1 Å². The molecule has 1 atom stereocenters. The Morgan fingerprint density at radius 2 is 2.04 bits per heavy atom. The maximum atomic E-state index is 12.2. The molecular weight excluding hydrogens is 372 g/mol. The third-order valence-corrected chi connectivity index (χ3v) is 4.82. The van der Waals surface area contributed by atoms with Gasteiger partial charge in [-0.1, -0.05) is 22.0 Å². The molecular formula is C18H27BrN2O3. The van der Waals surface area contributed by atoms with Gasteiger partial charge in [-0.3, -0.25) is 4.90 Å². The number of benzene rings is 1. The Bertz CT molecular complexity index is 586. The zero-order chi connectivity index (χ0) is 17.9. The zero-order valence-corrected chi connectivity index (χ0v) is 16.7. The monoisotopic (exact) mass is 398 g/mol. The third-order valence-electron chi connectivity index (χ3n) is 4.07. The minimum Gasteiger partial charge on any atom is -0.496 e. The Hall–Kier alpha value is -1.27. The summed E-state index contributed by atoms with van der Waals surface area (Å²) in [5.74, 6) is 0.881. The van der Waals surface area contributed by atoms with Gasteiger partial charge in [-0.2, -0.15) is 0 Å². The van der Waals surface area contributed by atoms with Gasteiger partial charge in [-0.05, 0) is 39.8 Å². The molecule has 24 heavy (non-hydrogen) atoms. The summed E-state index contributed by atoms with van der Waals surface area (Å²) in [7, 11) is 1.69. The summed E-state index contributed by atoms with van der Waals surface area (Å²) in [6.07, 6.45) is -0.229. The van der Waals surface area contributed by atoms with Crippen molar-refractivity contribution in [3.63, 3.8) is 0 Å². The molecule has 0 saturated carbocycles. The van der Waals surface area contributed by atoms with Crippen LogP contribution in [0.2, 0.25) is 0 Å². The summed E-state index contributed by atoms with van der Waals surface area (Å²) in [6.45, 7) is 10.8. The molecule has 0 N–H and O–H groups in total. The van der Waals surface area contributed by atoms with Crippen LogP contribution in [0.1, 0.15) is 33.3 Å². The molecule has 1 aliphatic rings. The highest BCUT2D eigenvalue weighted by molar-refractivity contribution is 9.10. The molecule has 0 aliphatic carbocycles. The molecule has 6 heteroatoms. The Labute approximate surface area is 153 Å². The average Bonchev–Trinajstić information content (AvgIpc) is 2.49. The van der Waals surface area contributed by atoms with E-state index in [9.17, 15) is 4.79 Å². The lowest BCUT2D eigenvalue weighted by Crippen LogP contribution is -2.54. The molecule has 1 amide bonds. The van der Waals surface area contributed by atoms with E-state index in [4.69, 9.17) is 9.47 Å². The van der Waals surface area contributed by atoms with Crippen LogP contribution in [-0.2, 0) is 11.3 Å². The quantitative estimate of drug-likeness (QED) is 0.773. The van der Waals surface area contributed by atoms with Crippen LogP contribution in [0.15, 0.2) is 22.7 Å². The van der Waals surface area contributed by atoms with Crippen molar-refractivity contribution in [2.24, 2.45) is 0 Å². The lowest BCUT2D eigenvalue weighted by molar-refractivity contribution is 0.00448. The van der Waals surface area contributed by atoms with E-state index in [1.54, 1.807) is 12.0 Å². The van der Waals surface area contributed by atoms with Crippen LogP contribution in [0.4, 0.5) is 4.79 Å². The van der Waals surface area contributed by atoms with Crippen LogP contribution in [0.3, 0.4) is 0 Å². The Morgan fingerprint density at radius 1 is 1.33 bits per heavy atom. The van der Waals surface area contributed by atoms with E-state index in [2.05, 4.69) is 27.8 Å². The molecule has 2 rings (SSSR count). The van der Waals surface area contributed by atoms with Crippen LogP contribution in [0, 0.1) is 0 Å². The second kappa shape index (κ2) is 7.74. The van der Waals surface area contributed by atoms with Gasteiger partial charge in [0.1, 0.15) is 11.4 Å². The summed E-state index contributed by atoms with van der Waals surface area (Å²) in [4.78, 5) is 16.4. The summed E-state index contributed by atoms with van der Waals surface area (Å²) >= 11 is 3.61. The number of ether oxygens (including phenoxy) is 2. The molecule has 0 bridgehead atoms. The standard InChI is InChI=1S/C18H27BrN2O3/c1-13-11-21(17(22)24-18(2,3)4)10-9-20(13)12-14-15(19)7-6-8-16(14)23-5/h6-8,13H,9-12H2,1-5H3. The van der Waals surface area contributed by atoms with Crippen molar-refractivity contribution in [2.45, 2.75) is 45.9 Å². The van der Waals surface area contributed by atoms with Crippen LogP contribution in [0.5, 0.6) is 5.75 Å². The molecule has 1 fully saturated rings. The molecule has 1 saturated heterocycles. The lowest BCUT2D eigenvalue weighted by Gasteiger charge is -2.40. The van der Waals surface area contributed by atoms with E-state index < -0.39 is 5.60 Å². The highest BCUT2D eigenvalue weighted by Gasteiger charge is 2.30. The molecule has 5 nitrogen and oxygen atoms in total. The molecule has 1 aromatic carbocycles. The van der Waals surface area contributed by atoms with Crippen LogP contribution >= 0.6 is 15.9 Å². The van der Waals surface area contributed by atoms with Gasteiger partial charge in [-0.25, -0.2) is 4.79 Å². The highest BCUT2D eigenvalue weighted by Crippen LogP contribution is 2.29. The largest absolute Gasteiger partial charge is 0.496 e. The lowest BCUT2D eigenvalue weighted by atomic mass is 10.1. The van der Waals surface area contributed by atoms with Gasteiger partial charge in [0, 0.05) is 42.3 Å². The maximum absolute atomic E-state index is 12.2. The fraction of sp³-hybridized carbons (Fsp3) is 0.611. The molecule has 1 aliphatic heterocycles. The number of hydrogen-bond acceptors (Lipinski definition) is 4. The molecule has 1 aromatic rings. The number of nitrogens with zero attached hydrogens (tertiary/aromatic N) is 2. The zero-order valence-electron chi connectivity index (χ0n) is 15.1. The molecule has 0 aromatic heterocycles. The fourth-order valence-electron chi connectivity index (χ4n) is 2.81. The van der Waals surface area contributed by atoms with Gasteiger partial charge in [0.05, 0.1) is 7.11 Å². The second-order valence-corrected chi connectivity index (χ2v) is 8.02. The van der Waals surface area contributed by atoms with E-state index >= 15 is 0 Å². The predicted octanol–water partition coefficient (Wildman–Crippen LogP) is 3.90. The van der Waals surface area contributed by atoms with Gasteiger partial charge >= 0.3 is 6.09 Å². The molecule has 1 unspecified atom stereocenters. The number of carbonyl (C=O) groups excluding carboxylic acids is 1. The second-order valence-electron chi connectivity index (χ2n) is 7.17. The Balaban J connectivity index is 2.01. The first-order valence-electron chi connectivity index (χ1n) is 8.24. The number of methoxy groups -OCH3 is 1. The van der Waals surface area contributed by atoms with E-state index in [1.807, 2.05) is 39.0 Å². The first-order valence-corrected chi connectivity index (χ1v) is 9.04. The molecule has 0 radical (unpaired) electrons. The first-order chi connectivity index (χ1) is 11.2. The van der Waals surface area contributed by atoms with Crippen molar-refractivity contribution in [3.05, 3.63) is 28.2 Å². The number of amides is 1. The average molecular weight is 399 g/mol. The Kier molecular flexibility index (Phi) is 6.15. The third kappa shape index (κ3) is 4.86. The van der Waals surface area contributed by atoms with Crippen LogP contribution in [-0.4, -0.2) is 54.3 Å². The van der Waals surface area contributed by atoms with Crippen molar-refractivity contribution in [1.29, 1.82) is 0 Å². The molecule has 0 spiro atoms. The van der Waals surface area contributed by atoms with Crippen molar-refractivity contribution in [3.8, 4) is 5.75 Å². The topological polar surface area (TPSA) is 42.0 Å². The van der Waals surface area contributed by atoms with Crippen molar-refractivity contribution in [1.82, 2.24) is 9.80 Å². The van der Waals surface area contributed by atoms with Gasteiger partial charge < -0.3 is 14.4 Å². The van der Waals surface area contributed by atoms with Gasteiger partial charge in [-0.15, -0.1) is 0 Å². The fourth-order valence-corrected chi connectivity index (χ4v) is 3.28. The minimum atomic E-state index is -0.459. The van der Waals surface area contributed by atoms with Gasteiger partial charge in [0.15, 0.2) is 0 Å². The van der Waals surface area contributed by atoms with Crippen LogP contribution < -0.4 is 4.74 Å². The number of carbonyl (C=O) groups is 1. The summed E-state index contributed by atoms with van der Waals surface area (Å²) < 4.78 is 12.0.